The Morgan fingerprint density at radius 3 is 2.45 bits per heavy atom. The lowest BCUT2D eigenvalue weighted by Crippen LogP contribution is -2.63. The van der Waals surface area contributed by atoms with E-state index in [1.807, 2.05) is 24.6 Å². The molecule has 22 heteroatoms. The summed E-state index contributed by atoms with van der Waals surface area (Å²) in [6.45, 7) is 14.0. The van der Waals surface area contributed by atoms with E-state index in [-0.39, 0.29) is 38.8 Å². The molecule has 1 aromatic carbocycles. The third-order valence-electron chi connectivity index (χ3n) is 15.5. The van der Waals surface area contributed by atoms with Gasteiger partial charge >= 0.3 is 5.97 Å². The van der Waals surface area contributed by atoms with Crippen LogP contribution in [0.4, 0.5) is 14.5 Å². The number of thiazole rings is 1. The fourth-order valence-corrected chi connectivity index (χ4v) is 12.2. The molecule has 0 spiro atoms. The number of anilines is 1. The summed E-state index contributed by atoms with van der Waals surface area (Å²) >= 11 is 6.68. The van der Waals surface area contributed by atoms with Gasteiger partial charge in [0.05, 0.1) is 58.7 Å². The second kappa shape index (κ2) is 21.9. The molecule has 18 nitrogen and oxygen atoms in total. The summed E-state index contributed by atoms with van der Waals surface area (Å²) in [5, 5.41) is 7.64. The molecule has 5 aliphatic heterocycles. The number of hydrogen-bond acceptors (Lipinski definition) is 14. The van der Waals surface area contributed by atoms with E-state index in [1.54, 1.807) is 21.0 Å². The number of likely N-dealkylation sites (N-methyl/N-ethyl adjacent to an activating group) is 2. The molecule has 5 aliphatic rings. The number of cyclic esters (lactones) is 1. The van der Waals surface area contributed by atoms with Gasteiger partial charge in [0.25, 0.3) is 23.4 Å². The van der Waals surface area contributed by atoms with Crippen LogP contribution in [0.5, 0.6) is 5.75 Å². The maximum atomic E-state index is 16.5. The van der Waals surface area contributed by atoms with E-state index in [2.05, 4.69) is 58.1 Å². The summed E-state index contributed by atoms with van der Waals surface area (Å²) in [5.74, 6) is -3.59. The van der Waals surface area contributed by atoms with Crippen LogP contribution in [0.25, 0.3) is 33.4 Å². The molecule has 0 aliphatic carbocycles. The Hall–Kier alpha value is -5.48. The second-order valence-corrected chi connectivity index (χ2v) is 23.2. The first-order valence-corrected chi connectivity index (χ1v) is 27.3. The molecule has 5 atom stereocenters. The quantitative estimate of drug-likeness (QED) is 0.146. The van der Waals surface area contributed by atoms with Gasteiger partial charge in [-0.2, -0.15) is 0 Å². The van der Waals surface area contributed by atoms with Crippen molar-refractivity contribution < 1.29 is 47.0 Å². The van der Waals surface area contributed by atoms with Gasteiger partial charge in [-0.15, -0.1) is 11.3 Å². The van der Waals surface area contributed by atoms with Gasteiger partial charge in [-0.3, -0.25) is 34.0 Å². The Morgan fingerprint density at radius 2 is 1.76 bits per heavy atom. The SMILES string of the molecule is CO[C@@H](C)c1ncc(N2CCN(C)CC2)cc1-c1c2c3cc(cc4c3n1CCO4)-c1csc(n1)C[C@H](NC(=O)[C@H](C(C)C)N(C)C(=O)C1(F)CCN(C(=O)[C@H](F)Cl)CC1)C(=O)N1CCC[C@H](N1)C(=O)OCC(C)(C)C2. The van der Waals surface area contributed by atoms with Gasteiger partial charge in [0, 0.05) is 107 Å². The molecule has 75 heavy (non-hydrogen) atoms. The fourth-order valence-electron chi connectivity index (χ4n) is 11.2. The predicted octanol–water partition coefficient (Wildman–Crippen LogP) is 5.67. The molecule has 6 bridgehead atoms. The number of carbonyl (C=O) groups excluding carboxylic acids is 5. The summed E-state index contributed by atoms with van der Waals surface area (Å²) in [6, 6.07) is 3.02. The van der Waals surface area contributed by atoms with Gasteiger partial charge in [-0.25, -0.2) is 19.2 Å². The summed E-state index contributed by atoms with van der Waals surface area (Å²) < 4.78 is 51.1. The molecular formula is C53H69ClF2N10O8S. The first-order valence-electron chi connectivity index (χ1n) is 26.0. The number of amides is 4. The molecule has 406 valence electrons. The van der Waals surface area contributed by atoms with Gasteiger partial charge < -0.3 is 43.7 Å². The van der Waals surface area contributed by atoms with Crippen molar-refractivity contribution in [3.8, 4) is 28.3 Å². The Morgan fingerprint density at radius 1 is 1.03 bits per heavy atom. The summed E-state index contributed by atoms with van der Waals surface area (Å²) in [4.78, 5) is 86.6. The zero-order chi connectivity index (χ0) is 53.7. The number of methoxy groups -OCH3 is 1. The van der Waals surface area contributed by atoms with Gasteiger partial charge in [0.1, 0.15) is 30.5 Å². The van der Waals surface area contributed by atoms with Crippen molar-refractivity contribution in [3.63, 3.8) is 0 Å². The zero-order valence-corrected chi connectivity index (χ0v) is 45.6. The molecule has 0 unspecified atom stereocenters. The van der Waals surface area contributed by atoms with E-state index in [1.165, 1.54) is 23.4 Å². The lowest BCUT2D eigenvalue weighted by molar-refractivity contribution is -0.156. The Kier molecular flexibility index (Phi) is 15.8. The average molecular weight is 1080 g/mol. The lowest BCUT2D eigenvalue weighted by Gasteiger charge is -2.40. The number of rotatable bonds is 10. The molecule has 2 N–H and O–H groups in total. The molecule has 4 amide bonds. The lowest BCUT2D eigenvalue weighted by atomic mass is 9.84. The molecule has 3 fully saturated rings. The highest BCUT2D eigenvalue weighted by molar-refractivity contribution is 7.10. The third kappa shape index (κ3) is 11.1. The monoisotopic (exact) mass is 1080 g/mol. The normalized spacial score (nSPS) is 22.5. The van der Waals surface area contributed by atoms with Crippen molar-refractivity contribution in [2.45, 2.75) is 115 Å². The minimum Gasteiger partial charge on any atom is -0.489 e. The minimum absolute atomic E-state index is 0.0548. The van der Waals surface area contributed by atoms with Crippen molar-refractivity contribution in [3.05, 3.63) is 46.0 Å². The van der Waals surface area contributed by atoms with Crippen LogP contribution in [-0.4, -0.2) is 173 Å². The summed E-state index contributed by atoms with van der Waals surface area (Å²) in [6.07, 6.45) is 2.09. The highest BCUT2D eigenvalue weighted by atomic mass is 35.5. The molecule has 0 radical (unpaired) electrons. The number of nitrogens with zero attached hydrogens (tertiary/aromatic N) is 8. The van der Waals surface area contributed by atoms with Crippen LogP contribution < -0.4 is 20.4 Å². The first kappa shape index (κ1) is 54.3. The number of likely N-dealkylation sites (tertiary alicyclic amines) is 1. The van der Waals surface area contributed by atoms with Crippen LogP contribution in [0.15, 0.2) is 29.8 Å². The predicted molar refractivity (Wildman–Crippen MR) is 281 cm³/mol. The van der Waals surface area contributed by atoms with Gasteiger partial charge in [0.15, 0.2) is 5.67 Å². The first-order chi connectivity index (χ1) is 35.7. The van der Waals surface area contributed by atoms with Crippen LogP contribution in [0.3, 0.4) is 0 Å². The van der Waals surface area contributed by atoms with E-state index < -0.39 is 83.2 Å². The van der Waals surface area contributed by atoms with E-state index in [9.17, 15) is 28.4 Å². The molecule has 9 rings (SSSR count). The van der Waals surface area contributed by atoms with Crippen molar-refractivity contribution in [1.82, 2.24) is 45.0 Å². The minimum atomic E-state index is -2.45. The van der Waals surface area contributed by atoms with Gasteiger partial charge in [-0.1, -0.05) is 39.3 Å². The van der Waals surface area contributed by atoms with Crippen LogP contribution in [-0.2, 0) is 52.8 Å². The number of pyridine rings is 1. The largest absolute Gasteiger partial charge is 0.489 e. The topological polar surface area (TPSA) is 184 Å². The molecule has 4 aromatic rings. The van der Waals surface area contributed by atoms with Crippen LogP contribution in [0, 0.1) is 11.3 Å². The summed E-state index contributed by atoms with van der Waals surface area (Å²) in [7, 11) is 5.16. The number of ether oxygens (including phenoxy) is 3. The van der Waals surface area contributed by atoms with E-state index in [0.29, 0.717) is 48.9 Å². The number of carbonyl (C=O) groups is 5. The number of benzene rings is 1. The number of aromatic nitrogens is 3. The molecule has 3 aromatic heterocycles. The van der Waals surface area contributed by atoms with Crippen molar-refractivity contribution >= 4 is 69.1 Å². The van der Waals surface area contributed by atoms with Gasteiger partial charge in [-0.05, 0) is 62.9 Å². The number of hydrogen-bond donors (Lipinski definition) is 2. The highest BCUT2D eigenvalue weighted by Gasteiger charge is 2.48. The number of fused-ring (bicyclic) bond motifs is 6. The molecule has 0 saturated carbocycles. The average Bonchev–Trinajstić information content (AvgIpc) is 4.00. The van der Waals surface area contributed by atoms with E-state index >= 15 is 4.39 Å². The van der Waals surface area contributed by atoms with Crippen LogP contribution in [0.1, 0.15) is 82.7 Å². The highest BCUT2D eigenvalue weighted by Crippen LogP contribution is 2.47. The number of piperazine rings is 1. The van der Waals surface area contributed by atoms with E-state index in [0.717, 1.165) is 80.6 Å². The van der Waals surface area contributed by atoms with Crippen molar-refractivity contribution in [2.24, 2.45) is 11.3 Å². The van der Waals surface area contributed by atoms with Crippen molar-refractivity contribution in [1.29, 1.82) is 0 Å². The zero-order valence-electron chi connectivity index (χ0n) is 44.1. The van der Waals surface area contributed by atoms with E-state index in [4.69, 9.17) is 35.8 Å². The maximum absolute atomic E-state index is 16.5. The molecular weight excluding hydrogens is 1010 g/mol. The smallest absolute Gasteiger partial charge is 0.324 e. The summed E-state index contributed by atoms with van der Waals surface area (Å²) in [5.41, 5.74) is 4.92. The number of nitrogens with one attached hydrogen (secondary N) is 2. The number of hydrazine groups is 1. The molecule has 8 heterocycles. The maximum Gasteiger partial charge on any atom is 0.324 e. The second-order valence-electron chi connectivity index (χ2n) is 21.8. The fraction of sp³-hybridized carbons (Fsp3) is 0.604. The Bertz CT molecular complexity index is 2830. The van der Waals surface area contributed by atoms with Gasteiger partial charge in [0.2, 0.25) is 5.91 Å². The van der Waals surface area contributed by atoms with Crippen molar-refractivity contribution in [2.75, 3.05) is 85.1 Å². The Labute approximate surface area is 445 Å². The number of alkyl halides is 3. The molecule has 3 saturated heterocycles. The number of halogens is 3. The Balaban J connectivity index is 1.10. The standard InChI is InChI=1S/C53H69ClF2N10O8S/c1-30(2)43(62(7)51(71)53(56)11-14-64(15-12-53)49(69)46(54)55)47(67)59-38-25-41-58-39(28-75-41)32-22-34-36(26-52(4,5)29-74-50(70)37-10-9-13-66(60-37)48(38)68)44(65-20-21-73-40(23-32)45(34)65)35-24-33(27-57-42(35)31(3)72-8)63-18-16-61(6)17-19-63/h22-24,27-28,30-31,37-38,43,46,60H,9-21,25-26,29H2,1-8H3,(H,59,67)/t31-,37-,38-,43-,46-/m0/s1. The number of piperidine rings is 1. The van der Waals surface area contributed by atoms with Crippen LogP contribution >= 0.6 is 22.9 Å². The third-order valence-corrected chi connectivity index (χ3v) is 16.5. The van der Waals surface area contributed by atoms with Crippen LogP contribution in [0.2, 0.25) is 0 Å². The number of esters is 1.